The highest BCUT2D eigenvalue weighted by molar-refractivity contribution is 7.89. The second kappa shape index (κ2) is 17.9. The molecule has 1 aromatic rings. The van der Waals surface area contributed by atoms with Crippen LogP contribution in [0.2, 0.25) is 0 Å². The van der Waals surface area contributed by atoms with Gasteiger partial charge in [-0.15, -0.1) is 11.3 Å². The maximum Gasteiger partial charge on any atom is 0.407 e. The Kier molecular flexibility index (Phi) is 18.7. The van der Waals surface area contributed by atoms with E-state index in [1.807, 2.05) is 62.3 Å². The molecule has 12 nitrogen and oxygen atoms in total. The van der Waals surface area contributed by atoms with Gasteiger partial charge in [0.1, 0.15) is 21.0 Å². The number of nitrogens with two attached hydrogens (primary N) is 1. The number of carbonyl (C=O) groups is 3. The third-order valence-electron chi connectivity index (χ3n) is 5.48. The van der Waals surface area contributed by atoms with Crippen molar-refractivity contribution in [2.45, 2.75) is 126 Å². The summed E-state index contributed by atoms with van der Waals surface area (Å²) in [6.45, 7) is 22.8. The maximum atomic E-state index is 12.6. The molecule has 0 bridgehead atoms. The fraction of sp³-hybridized carbons (Fsp3) is 0.767. The fourth-order valence-electron chi connectivity index (χ4n) is 3.12. The monoisotopic (exact) mass is 668 g/mol. The molecule has 0 radical (unpaired) electrons. The molecule has 0 saturated heterocycles. The molecule has 0 aliphatic rings. The van der Waals surface area contributed by atoms with Gasteiger partial charge >= 0.3 is 18.2 Å². The summed E-state index contributed by atoms with van der Waals surface area (Å²) in [6, 6.07) is 0.724. The fourth-order valence-corrected chi connectivity index (χ4v) is 5.50. The Labute approximate surface area is 270 Å². The number of carbonyl (C=O) groups excluding carboxylic acids is 3. The minimum absolute atomic E-state index is 0. The first-order valence-corrected chi connectivity index (χ1v) is 15.9. The van der Waals surface area contributed by atoms with Gasteiger partial charge in [-0.2, -0.15) is 0 Å². The number of sulfonamides is 1. The maximum absolute atomic E-state index is 12.6. The van der Waals surface area contributed by atoms with Gasteiger partial charge in [0.05, 0.1) is 13.2 Å². The lowest BCUT2D eigenvalue weighted by molar-refractivity contribution is 0.0456. The van der Waals surface area contributed by atoms with Crippen LogP contribution in [0.15, 0.2) is 16.3 Å². The lowest BCUT2D eigenvalue weighted by atomic mass is 9.87. The molecular weight excluding hydrogens is 608 g/mol. The minimum atomic E-state index is -3.96. The van der Waals surface area contributed by atoms with E-state index in [9.17, 15) is 22.8 Å². The van der Waals surface area contributed by atoms with E-state index in [4.69, 9.17) is 15.2 Å². The first kappa shape index (κ1) is 46.0. The van der Waals surface area contributed by atoms with E-state index in [-0.39, 0.29) is 42.6 Å². The van der Waals surface area contributed by atoms with E-state index in [1.54, 1.807) is 20.8 Å². The molecule has 2 atom stereocenters. The van der Waals surface area contributed by atoms with E-state index in [0.717, 1.165) is 11.3 Å². The predicted octanol–water partition coefficient (Wildman–Crippen LogP) is 5.91. The Morgan fingerprint density at radius 1 is 0.818 bits per heavy atom. The molecule has 2 amide bonds. The van der Waals surface area contributed by atoms with Gasteiger partial charge in [-0.1, -0.05) is 56.4 Å². The van der Waals surface area contributed by atoms with Crippen molar-refractivity contribution in [2.75, 3.05) is 20.2 Å². The lowest BCUT2D eigenvalue weighted by Gasteiger charge is -2.32. The second-order valence-electron chi connectivity index (χ2n) is 13.8. The number of amides is 2. The van der Waals surface area contributed by atoms with E-state index >= 15 is 0 Å². The van der Waals surface area contributed by atoms with Gasteiger partial charge in [-0.3, -0.25) is 0 Å². The van der Waals surface area contributed by atoms with Crippen molar-refractivity contribution in [1.82, 2.24) is 15.4 Å². The van der Waals surface area contributed by atoms with Gasteiger partial charge in [-0.25, -0.2) is 27.5 Å². The van der Waals surface area contributed by atoms with Crippen molar-refractivity contribution in [2.24, 2.45) is 16.6 Å². The number of ether oxygens (including phenoxy) is 3. The summed E-state index contributed by atoms with van der Waals surface area (Å²) in [6.07, 6.45) is -1.04. The highest BCUT2D eigenvalue weighted by atomic mass is 32.2. The van der Waals surface area contributed by atoms with E-state index in [1.165, 1.54) is 18.6 Å². The third kappa shape index (κ3) is 17.8. The molecule has 1 heterocycles. The van der Waals surface area contributed by atoms with Crippen LogP contribution in [0.25, 0.3) is 0 Å². The van der Waals surface area contributed by atoms with Gasteiger partial charge in [0, 0.05) is 19.1 Å². The second-order valence-corrected chi connectivity index (χ2v) is 16.5. The zero-order chi connectivity index (χ0) is 33.3. The Hall–Kier alpha value is -2.42. The number of esters is 1. The molecule has 0 spiro atoms. The first-order valence-electron chi connectivity index (χ1n) is 13.6. The van der Waals surface area contributed by atoms with Crippen LogP contribution in [0.4, 0.5) is 9.59 Å². The minimum Gasteiger partial charge on any atom is -0.465 e. The van der Waals surface area contributed by atoms with Crippen LogP contribution in [-0.2, 0) is 24.2 Å². The Morgan fingerprint density at radius 2 is 1.23 bits per heavy atom. The number of hydrogen-bond donors (Lipinski definition) is 4. The number of alkyl carbamates (subject to hydrolysis) is 2. The van der Waals surface area contributed by atoms with Crippen molar-refractivity contribution in [1.29, 1.82) is 0 Å². The van der Waals surface area contributed by atoms with Gasteiger partial charge in [0.25, 0.3) is 0 Å². The highest BCUT2D eigenvalue weighted by Gasteiger charge is 2.32. The van der Waals surface area contributed by atoms with Crippen LogP contribution in [0.1, 0.15) is 108 Å². The zero-order valence-corrected chi connectivity index (χ0v) is 29.0. The molecule has 0 unspecified atom stereocenters. The summed E-state index contributed by atoms with van der Waals surface area (Å²) in [5.74, 6) is -0.718. The zero-order valence-electron chi connectivity index (χ0n) is 27.4. The van der Waals surface area contributed by atoms with E-state index < -0.39 is 50.8 Å². The SMILES string of the molecule is C.C.CC(C)(C)OC(=O)N[C@H](CN)C(C)(C)C.COC(=O)c1sccc1S(=O)(=O)NC[C@@H](NC(=O)OC(C)(C)C)C(C)(C)C. The molecule has 260 valence electrons. The molecule has 1 rings (SSSR count). The quantitative estimate of drug-likeness (QED) is 0.194. The summed E-state index contributed by atoms with van der Waals surface area (Å²) in [4.78, 5) is 35.2. The predicted molar refractivity (Wildman–Crippen MR) is 179 cm³/mol. The Bertz CT molecular complexity index is 1140. The van der Waals surface area contributed by atoms with E-state index in [2.05, 4.69) is 20.1 Å². The molecule has 44 heavy (non-hydrogen) atoms. The summed E-state index contributed by atoms with van der Waals surface area (Å²) in [5, 5.41) is 6.98. The first-order chi connectivity index (χ1) is 18.7. The standard InChI is InChI=1S/C17H28N2O6S2.C11H24N2O2.2CH4/c1-16(2,3)12(19-15(21)25-17(4,5)6)10-18-27(22,23)11-8-9-26-13(11)14(20)24-7;1-10(2,3)8(7-12)13-9(14)15-11(4,5)6;;/h8-9,12,18H,10H2,1-7H3,(H,19,21);8H,7,12H2,1-6H3,(H,13,14);2*1H4/t12-;8-;;/m11../s1. The van der Waals surface area contributed by atoms with Crippen molar-refractivity contribution in [3.63, 3.8) is 0 Å². The van der Waals surface area contributed by atoms with Crippen molar-refractivity contribution < 1.29 is 37.0 Å². The van der Waals surface area contributed by atoms with Crippen LogP contribution >= 0.6 is 11.3 Å². The van der Waals surface area contributed by atoms with Crippen LogP contribution in [0, 0.1) is 10.8 Å². The van der Waals surface area contributed by atoms with E-state index in [0.29, 0.717) is 6.54 Å². The average Bonchev–Trinajstić information content (AvgIpc) is 3.27. The molecular formula is C30H60N4O8S2. The van der Waals surface area contributed by atoms with Gasteiger partial charge < -0.3 is 30.6 Å². The van der Waals surface area contributed by atoms with Gasteiger partial charge in [0.15, 0.2) is 0 Å². The van der Waals surface area contributed by atoms with Crippen molar-refractivity contribution >= 4 is 39.5 Å². The van der Waals surface area contributed by atoms with Crippen molar-refractivity contribution in [3.8, 4) is 0 Å². The number of methoxy groups -OCH3 is 1. The van der Waals surface area contributed by atoms with Crippen LogP contribution in [0.5, 0.6) is 0 Å². The normalized spacial score (nSPS) is 13.4. The molecule has 0 aromatic carbocycles. The topological polar surface area (TPSA) is 175 Å². The molecule has 5 N–H and O–H groups in total. The highest BCUT2D eigenvalue weighted by Crippen LogP contribution is 2.24. The largest absolute Gasteiger partial charge is 0.465 e. The summed E-state index contributed by atoms with van der Waals surface area (Å²) in [7, 11) is -2.77. The number of hydrogen-bond acceptors (Lipinski definition) is 10. The van der Waals surface area contributed by atoms with Crippen LogP contribution in [0.3, 0.4) is 0 Å². The molecule has 0 aliphatic heterocycles. The van der Waals surface area contributed by atoms with Gasteiger partial charge in [-0.05, 0) is 63.8 Å². The molecule has 1 aromatic heterocycles. The third-order valence-corrected chi connectivity index (χ3v) is 7.96. The van der Waals surface area contributed by atoms with Crippen LogP contribution < -0.4 is 21.1 Å². The number of thiophene rings is 1. The number of rotatable bonds is 8. The smallest absolute Gasteiger partial charge is 0.407 e. The molecule has 14 heteroatoms. The van der Waals surface area contributed by atoms with Crippen LogP contribution in [-0.4, -0.2) is 70.1 Å². The number of nitrogens with one attached hydrogen (secondary N) is 3. The summed E-state index contributed by atoms with van der Waals surface area (Å²) in [5.41, 5.74) is 3.95. The average molecular weight is 669 g/mol. The molecule has 0 aliphatic carbocycles. The Morgan fingerprint density at radius 3 is 1.57 bits per heavy atom. The lowest BCUT2D eigenvalue weighted by Crippen LogP contribution is -2.51. The van der Waals surface area contributed by atoms with Crippen molar-refractivity contribution in [3.05, 3.63) is 16.3 Å². The summed E-state index contributed by atoms with van der Waals surface area (Å²) >= 11 is 0.982. The molecule has 0 fully saturated rings. The Balaban J connectivity index is -0.000000849. The molecule has 0 saturated carbocycles. The van der Waals surface area contributed by atoms with Gasteiger partial charge in [0.2, 0.25) is 10.0 Å². The summed E-state index contributed by atoms with van der Waals surface area (Å²) < 4.78 is 42.7.